The highest BCUT2D eigenvalue weighted by Gasteiger charge is 2.18. The topological polar surface area (TPSA) is 37.4 Å². The number of hydrogen-bond acceptors (Lipinski definition) is 5. The summed E-state index contributed by atoms with van der Waals surface area (Å²) in [5, 5.41) is 4.61. The fraction of sp³-hybridized carbons (Fsp3) is 0.800. The van der Waals surface area contributed by atoms with Crippen LogP contribution < -0.4 is 10.2 Å². The van der Waals surface area contributed by atoms with E-state index in [0.717, 1.165) is 31.2 Å². The molecule has 0 aliphatic rings. The zero-order chi connectivity index (χ0) is 15.1. The molecule has 0 saturated heterocycles. The number of aromatic nitrogens is 1. The largest absolute Gasteiger partial charge is 0.383 e. The molecule has 1 atom stereocenters. The van der Waals surface area contributed by atoms with Gasteiger partial charge in [0.15, 0.2) is 5.13 Å². The first-order valence-corrected chi connectivity index (χ1v) is 8.32. The number of likely N-dealkylation sites (N-methyl/N-ethyl adjacent to an activating group) is 1. The fourth-order valence-corrected chi connectivity index (χ4v) is 3.44. The maximum atomic E-state index is 5.27. The van der Waals surface area contributed by atoms with E-state index in [1.165, 1.54) is 10.6 Å². The second-order valence-corrected chi connectivity index (χ2v) is 6.41. The van der Waals surface area contributed by atoms with Gasteiger partial charge >= 0.3 is 0 Å². The number of aryl methyl sites for hydroxylation is 1. The number of hydrogen-bond donors (Lipinski definition) is 1. The first kappa shape index (κ1) is 17.4. The van der Waals surface area contributed by atoms with Crippen molar-refractivity contribution in [2.75, 3.05) is 25.2 Å². The van der Waals surface area contributed by atoms with E-state index >= 15 is 0 Å². The smallest absolute Gasteiger partial charge is 0.186 e. The second kappa shape index (κ2) is 8.60. The molecule has 1 rings (SSSR count). The number of nitrogens with one attached hydrogen (secondary N) is 1. The van der Waals surface area contributed by atoms with Crippen molar-refractivity contribution in [1.82, 2.24) is 10.3 Å². The molecule has 20 heavy (non-hydrogen) atoms. The van der Waals surface area contributed by atoms with E-state index in [4.69, 9.17) is 9.72 Å². The van der Waals surface area contributed by atoms with Crippen molar-refractivity contribution in [3.8, 4) is 0 Å². The third-order valence-electron chi connectivity index (χ3n) is 3.30. The van der Waals surface area contributed by atoms with E-state index < -0.39 is 0 Å². The molecule has 1 unspecified atom stereocenters. The Balaban J connectivity index is 2.88. The van der Waals surface area contributed by atoms with E-state index in [9.17, 15) is 0 Å². The van der Waals surface area contributed by atoms with Crippen LogP contribution in [0.2, 0.25) is 0 Å². The summed E-state index contributed by atoms with van der Waals surface area (Å²) in [6.07, 6.45) is 0.988. The van der Waals surface area contributed by atoms with Crippen LogP contribution in [0.15, 0.2) is 0 Å². The van der Waals surface area contributed by atoms with Crippen LogP contribution in [0.25, 0.3) is 0 Å². The van der Waals surface area contributed by atoms with Crippen LogP contribution in [-0.4, -0.2) is 37.3 Å². The lowest BCUT2D eigenvalue weighted by Gasteiger charge is -2.26. The third-order valence-corrected chi connectivity index (χ3v) is 4.43. The molecule has 1 aromatic rings. The highest BCUT2D eigenvalue weighted by molar-refractivity contribution is 7.15. The predicted octanol–water partition coefficient (Wildman–Crippen LogP) is 3.06. The van der Waals surface area contributed by atoms with Crippen molar-refractivity contribution in [2.45, 2.75) is 59.7 Å². The summed E-state index contributed by atoms with van der Waals surface area (Å²) in [7, 11) is 1.75. The van der Waals surface area contributed by atoms with Gasteiger partial charge in [-0.15, -0.1) is 11.3 Å². The Hall–Kier alpha value is -0.650. The molecule has 0 aliphatic carbocycles. The molecule has 0 aliphatic heterocycles. The number of thiazole rings is 1. The fourth-order valence-electron chi connectivity index (χ4n) is 2.17. The molecule has 1 aromatic heterocycles. The van der Waals surface area contributed by atoms with E-state index in [1.807, 2.05) is 11.3 Å². The maximum Gasteiger partial charge on any atom is 0.186 e. The number of nitrogens with zero attached hydrogens (tertiary/aromatic N) is 2. The Morgan fingerprint density at radius 1 is 1.30 bits per heavy atom. The van der Waals surface area contributed by atoms with E-state index in [2.05, 4.69) is 44.8 Å². The lowest BCUT2D eigenvalue weighted by molar-refractivity contribution is 0.182. The molecule has 0 amide bonds. The van der Waals surface area contributed by atoms with E-state index in [1.54, 1.807) is 7.11 Å². The summed E-state index contributed by atoms with van der Waals surface area (Å²) in [5.74, 6) is 0. The van der Waals surface area contributed by atoms with Gasteiger partial charge in [-0.05, 0) is 20.3 Å². The van der Waals surface area contributed by atoms with Gasteiger partial charge in [0.05, 0.1) is 18.3 Å². The molecule has 4 nitrogen and oxygen atoms in total. The molecular formula is C15H29N3OS. The quantitative estimate of drug-likeness (QED) is 0.760. The summed E-state index contributed by atoms with van der Waals surface area (Å²) < 4.78 is 5.27. The van der Waals surface area contributed by atoms with Crippen LogP contribution in [-0.2, 0) is 17.7 Å². The summed E-state index contributed by atoms with van der Waals surface area (Å²) >= 11 is 1.81. The summed E-state index contributed by atoms with van der Waals surface area (Å²) in [5.41, 5.74) is 1.22. The average Bonchev–Trinajstić information content (AvgIpc) is 2.80. The van der Waals surface area contributed by atoms with Crippen LogP contribution in [0.4, 0.5) is 5.13 Å². The van der Waals surface area contributed by atoms with Gasteiger partial charge in [-0.25, -0.2) is 4.98 Å². The van der Waals surface area contributed by atoms with Gasteiger partial charge in [0.2, 0.25) is 0 Å². The Kier molecular flexibility index (Phi) is 7.48. The highest BCUT2D eigenvalue weighted by atomic mass is 32.1. The average molecular weight is 299 g/mol. The van der Waals surface area contributed by atoms with Crippen LogP contribution in [0.3, 0.4) is 0 Å². The van der Waals surface area contributed by atoms with Crippen LogP contribution in [0.1, 0.15) is 45.2 Å². The molecule has 0 bridgehead atoms. The maximum absolute atomic E-state index is 5.27. The van der Waals surface area contributed by atoms with Gasteiger partial charge < -0.3 is 15.0 Å². The molecule has 0 radical (unpaired) electrons. The number of anilines is 1. The van der Waals surface area contributed by atoms with Crippen molar-refractivity contribution in [2.24, 2.45) is 0 Å². The van der Waals surface area contributed by atoms with Gasteiger partial charge in [-0.2, -0.15) is 0 Å². The lowest BCUT2D eigenvalue weighted by Crippen LogP contribution is -2.36. The zero-order valence-electron chi connectivity index (χ0n) is 13.7. The van der Waals surface area contributed by atoms with Crippen LogP contribution in [0.5, 0.6) is 0 Å². The molecule has 0 spiro atoms. The van der Waals surface area contributed by atoms with Crippen LogP contribution >= 0.6 is 11.3 Å². The molecule has 1 heterocycles. The molecule has 1 N–H and O–H groups in total. The monoisotopic (exact) mass is 299 g/mol. The number of rotatable bonds is 9. The van der Waals surface area contributed by atoms with Gasteiger partial charge in [0.1, 0.15) is 0 Å². The molecule has 5 heteroatoms. The van der Waals surface area contributed by atoms with Crippen molar-refractivity contribution in [3.05, 3.63) is 10.6 Å². The van der Waals surface area contributed by atoms with Gasteiger partial charge in [-0.3, -0.25) is 0 Å². The lowest BCUT2D eigenvalue weighted by atomic mass is 10.3. The molecular weight excluding hydrogens is 270 g/mol. The van der Waals surface area contributed by atoms with Crippen molar-refractivity contribution < 1.29 is 4.74 Å². The normalized spacial score (nSPS) is 12.9. The predicted molar refractivity (Wildman–Crippen MR) is 87.8 cm³/mol. The first-order valence-electron chi connectivity index (χ1n) is 7.50. The summed E-state index contributed by atoms with van der Waals surface area (Å²) in [6.45, 7) is 13.5. The van der Waals surface area contributed by atoms with Crippen molar-refractivity contribution in [3.63, 3.8) is 0 Å². The second-order valence-electron chi connectivity index (χ2n) is 5.35. The summed E-state index contributed by atoms with van der Waals surface area (Å²) in [4.78, 5) is 8.52. The van der Waals surface area contributed by atoms with Gasteiger partial charge in [0.25, 0.3) is 0 Å². The third kappa shape index (κ3) is 4.72. The first-order chi connectivity index (χ1) is 9.53. The van der Waals surface area contributed by atoms with Crippen molar-refractivity contribution >= 4 is 16.5 Å². The molecule has 0 fully saturated rings. The Bertz CT molecular complexity index is 392. The Morgan fingerprint density at radius 2 is 2.00 bits per heavy atom. The summed E-state index contributed by atoms with van der Waals surface area (Å²) in [6, 6.07) is 0.853. The van der Waals surface area contributed by atoms with Gasteiger partial charge in [0, 0.05) is 31.1 Å². The molecule has 116 valence electrons. The van der Waals surface area contributed by atoms with E-state index in [-0.39, 0.29) is 0 Å². The Morgan fingerprint density at radius 3 is 2.50 bits per heavy atom. The Labute approximate surface area is 127 Å². The van der Waals surface area contributed by atoms with Crippen molar-refractivity contribution in [1.29, 1.82) is 0 Å². The van der Waals surface area contributed by atoms with Crippen LogP contribution in [0, 0.1) is 0 Å². The standard InChI is InChI=1S/C15H29N3OS/c1-7-13-14(9-16-11(3)4)20-15(17-13)18(8-2)12(5)10-19-6/h11-12,16H,7-10H2,1-6H3. The number of methoxy groups -OCH3 is 1. The minimum absolute atomic E-state index is 0.353. The minimum atomic E-state index is 0.353. The molecule has 0 aromatic carbocycles. The number of ether oxygens (including phenoxy) is 1. The minimum Gasteiger partial charge on any atom is -0.383 e. The van der Waals surface area contributed by atoms with Gasteiger partial charge in [-0.1, -0.05) is 20.8 Å². The SMILES string of the molecule is CCc1nc(N(CC)C(C)COC)sc1CNC(C)C. The zero-order valence-corrected chi connectivity index (χ0v) is 14.5. The van der Waals surface area contributed by atoms with E-state index in [0.29, 0.717) is 12.1 Å². The highest BCUT2D eigenvalue weighted by Crippen LogP contribution is 2.28. The molecule has 0 saturated carbocycles.